The maximum absolute atomic E-state index is 2.60. The molecule has 55 heavy (non-hydrogen) atoms. The minimum Gasteiger partial charge on any atom is -0.0801 e. The molecule has 0 saturated heterocycles. The lowest BCUT2D eigenvalue weighted by Crippen LogP contribution is -2.36. The summed E-state index contributed by atoms with van der Waals surface area (Å²) in [6.45, 7) is 18.9. The summed E-state index contributed by atoms with van der Waals surface area (Å²) in [6.07, 6.45) is 9.64. The van der Waals surface area contributed by atoms with Gasteiger partial charge in [0.05, 0.1) is 0 Å². The van der Waals surface area contributed by atoms with Gasteiger partial charge in [-0.05, 0) is 156 Å². The van der Waals surface area contributed by atoms with Crippen molar-refractivity contribution in [3.63, 3.8) is 0 Å². The molecule has 0 bridgehead atoms. The first-order valence-corrected chi connectivity index (χ1v) is 20.1. The predicted octanol–water partition coefficient (Wildman–Crippen LogP) is 12.9. The maximum atomic E-state index is 2.60. The average molecular weight is 715 g/mol. The van der Waals surface area contributed by atoms with Gasteiger partial charge in [-0.15, -0.1) is 0 Å². The number of hydrogen-bond donors (Lipinski definition) is 0. The first-order chi connectivity index (χ1) is 26.4. The molecular weight excluding hydrogens is 661 g/mol. The molecule has 0 fully saturated rings. The molecule has 0 N–H and O–H groups in total. The van der Waals surface area contributed by atoms with E-state index in [-0.39, 0.29) is 10.8 Å². The van der Waals surface area contributed by atoms with Crippen molar-refractivity contribution in [3.8, 4) is 33.4 Å². The Morgan fingerprint density at radius 3 is 1.56 bits per heavy atom. The Morgan fingerprint density at radius 2 is 1.04 bits per heavy atom. The van der Waals surface area contributed by atoms with E-state index >= 15 is 0 Å². The van der Waals surface area contributed by atoms with Crippen molar-refractivity contribution < 1.29 is 0 Å². The Hall–Kier alpha value is -5.46. The van der Waals surface area contributed by atoms with Gasteiger partial charge in [-0.2, -0.15) is 0 Å². The molecule has 0 amide bonds. The molecule has 6 aromatic carbocycles. The van der Waals surface area contributed by atoms with E-state index in [0.717, 1.165) is 19.3 Å². The summed E-state index contributed by atoms with van der Waals surface area (Å²) in [5.74, 6) is 0. The summed E-state index contributed by atoms with van der Waals surface area (Å²) < 4.78 is 0. The van der Waals surface area contributed by atoms with Gasteiger partial charge >= 0.3 is 0 Å². The fraction of sp³-hybridized carbons (Fsp3) is 0.236. The van der Waals surface area contributed by atoms with E-state index in [4.69, 9.17) is 0 Å². The molecule has 0 aromatic heterocycles. The molecule has 0 unspecified atom stereocenters. The highest BCUT2D eigenvalue weighted by Gasteiger charge is 2.33. The third-order valence-corrected chi connectivity index (χ3v) is 11.7. The van der Waals surface area contributed by atoms with Crippen LogP contribution in [0.5, 0.6) is 0 Å². The molecule has 0 heteroatoms. The van der Waals surface area contributed by atoms with E-state index < -0.39 is 0 Å². The summed E-state index contributed by atoms with van der Waals surface area (Å²) in [7, 11) is 0. The second kappa shape index (κ2) is 14.3. The molecular formula is C55H54. The second-order valence-corrected chi connectivity index (χ2v) is 17.8. The molecule has 0 saturated carbocycles. The van der Waals surface area contributed by atoms with Crippen molar-refractivity contribution >= 4 is 11.1 Å². The lowest BCUT2D eigenvalue weighted by atomic mass is 9.76. The van der Waals surface area contributed by atoms with Gasteiger partial charge < -0.3 is 0 Å². The van der Waals surface area contributed by atoms with Crippen LogP contribution in [0.2, 0.25) is 0 Å². The van der Waals surface area contributed by atoms with Gasteiger partial charge in [-0.3, -0.25) is 0 Å². The van der Waals surface area contributed by atoms with E-state index in [0.29, 0.717) is 0 Å². The first kappa shape index (κ1) is 36.5. The van der Waals surface area contributed by atoms with Crippen molar-refractivity contribution in [3.05, 3.63) is 201 Å². The summed E-state index contributed by atoms with van der Waals surface area (Å²) in [6, 6.07) is 48.0. The minimum atomic E-state index is -0.114. The number of hydrogen-bond acceptors (Lipinski definition) is 0. The van der Waals surface area contributed by atoms with Crippen molar-refractivity contribution in [1.29, 1.82) is 0 Å². The third-order valence-electron chi connectivity index (χ3n) is 11.7. The van der Waals surface area contributed by atoms with Crippen LogP contribution in [0.1, 0.15) is 86.9 Å². The van der Waals surface area contributed by atoms with Crippen LogP contribution in [0.15, 0.2) is 151 Å². The fourth-order valence-corrected chi connectivity index (χ4v) is 9.01. The maximum Gasteiger partial charge on any atom is -0.00172 e. The second-order valence-electron chi connectivity index (χ2n) is 17.8. The molecule has 0 atom stereocenters. The first-order valence-electron chi connectivity index (χ1n) is 20.1. The Bertz CT molecular complexity index is 2570. The number of allylic oxidation sites excluding steroid dienone is 4. The van der Waals surface area contributed by atoms with Crippen molar-refractivity contribution in [2.75, 3.05) is 0 Å². The standard InChI is InChI=1S/C55H54/c1-36-21-15-19-29-42(36)45-33-46-44(34-48(45)54(3,4)5)47-35-49(55(6,7)8)52(43-30-20-16-22-37(43)2)51(53(47)50(46)40-27-17-18-28-40)41(31-38-23-11-9-12-24-38)32-39-25-13-10-14-26-39/h9-27,29-30,33-35H,28,31-32H2,1-8H3. The molecule has 2 aliphatic rings. The van der Waals surface area contributed by atoms with Crippen LogP contribution < -0.4 is 10.4 Å². The smallest absolute Gasteiger partial charge is 0.00172 e. The zero-order chi connectivity index (χ0) is 38.5. The van der Waals surface area contributed by atoms with Gasteiger partial charge in [0.2, 0.25) is 0 Å². The fourth-order valence-electron chi connectivity index (χ4n) is 9.01. The Kier molecular flexibility index (Phi) is 9.50. The van der Waals surface area contributed by atoms with Crippen molar-refractivity contribution in [1.82, 2.24) is 0 Å². The van der Waals surface area contributed by atoms with Gasteiger partial charge in [-0.1, -0.05) is 175 Å². The van der Waals surface area contributed by atoms with Crippen LogP contribution in [0.3, 0.4) is 0 Å². The van der Waals surface area contributed by atoms with Gasteiger partial charge in [-0.25, -0.2) is 0 Å². The summed E-state index contributed by atoms with van der Waals surface area (Å²) >= 11 is 0. The molecule has 0 nitrogen and oxygen atoms in total. The van der Waals surface area contributed by atoms with Crippen molar-refractivity contribution in [2.45, 2.75) is 85.5 Å². The lowest BCUT2D eigenvalue weighted by molar-refractivity contribution is 0.590. The quantitative estimate of drug-likeness (QED) is 0.154. The van der Waals surface area contributed by atoms with Gasteiger partial charge in [0, 0.05) is 0 Å². The van der Waals surface area contributed by atoms with Crippen LogP contribution in [0.4, 0.5) is 0 Å². The third kappa shape index (κ3) is 6.89. The van der Waals surface area contributed by atoms with E-state index in [1.54, 1.807) is 0 Å². The molecule has 0 spiro atoms. The van der Waals surface area contributed by atoms with Gasteiger partial charge in [0.25, 0.3) is 0 Å². The van der Waals surface area contributed by atoms with Gasteiger partial charge in [0.15, 0.2) is 0 Å². The van der Waals surface area contributed by atoms with E-state index in [9.17, 15) is 0 Å². The number of benzene rings is 6. The normalized spacial score (nSPS) is 13.5. The highest BCUT2D eigenvalue weighted by atomic mass is 14.4. The highest BCUT2D eigenvalue weighted by Crippen LogP contribution is 2.46. The van der Waals surface area contributed by atoms with Crippen LogP contribution in [0.25, 0.3) is 44.5 Å². The predicted molar refractivity (Wildman–Crippen MR) is 237 cm³/mol. The SMILES string of the molecule is Cc1ccccc1-c1cc2c(cc1C(C)(C)C)-c1cc(C(C)(C)C)c(-c3ccccc3C)c(=C(Cc3ccccc3)Cc3ccccc3)c1=C2C1=CC=CC1. The number of fused-ring (bicyclic) bond motifs is 3. The zero-order valence-corrected chi connectivity index (χ0v) is 34.0. The molecule has 2 aliphatic carbocycles. The average Bonchev–Trinajstić information content (AvgIpc) is 3.80. The topological polar surface area (TPSA) is 0 Å². The summed E-state index contributed by atoms with van der Waals surface area (Å²) in [5.41, 5.74) is 21.7. The Balaban J connectivity index is 1.64. The molecule has 0 aliphatic heterocycles. The van der Waals surface area contributed by atoms with Crippen LogP contribution in [0, 0.1) is 13.8 Å². The monoisotopic (exact) mass is 714 g/mol. The van der Waals surface area contributed by atoms with Crippen LogP contribution in [-0.4, -0.2) is 0 Å². The molecule has 0 heterocycles. The zero-order valence-electron chi connectivity index (χ0n) is 34.0. The van der Waals surface area contributed by atoms with Crippen LogP contribution >= 0.6 is 0 Å². The largest absolute Gasteiger partial charge is 0.0801 e. The van der Waals surface area contributed by atoms with E-state index in [1.807, 2.05) is 0 Å². The lowest BCUT2D eigenvalue weighted by Gasteiger charge is -2.28. The summed E-state index contributed by atoms with van der Waals surface area (Å²) in [5, 5.41) is 2.82. The summed E-state index contributed by atoms with van der Waals surface area (Å²) in [4.78, 5) is 0. The van der Waals surface area contributed by atoms with E-state index in [2.05, 4.69) is 201 Å². The molecule has 0 radical (unpaired) electrons. The Morgan fingerprint density at radius 1 is 0.509 bits per heavy atom. The van der Waals surface area contributed by atoms with E-state index in [1.165, 1.54) is 99.5 Å². The highest BCUT2D eigenvalue weighted by molar-refractivity contribution is 6.00. The van der Waals surface area contributed by atoms with Gasteiger partial charge in [0.1, 0.15) is 0 Å². The molecule has 8 rings (SSSR count). The number of aryl methyl sites for hydroxylation is 2. The molecule has 274 valence electrons. The number of rotatable bonds is 7. The van der Waals surface area contributed by atoms with Crippen LogP contribution in [-0.2, 0) is 23.7 Å². The van der Waals surface area contributed by atoms with Crippen molar-refractivity contribution in [2.24, 2.45) is 0 Å². The minimum absolute atomic E-state index is 0.0571. The molecule has 6 aromatic rings. The Labute approximate surface area is 329 Å².